The van der Waals surface area contributed by atoms with Crippen molar-refractivity contribution in [2.75, 3.05) is 17.3 Å². The molecule has 2 nitrogen and oxygen atoms in total. The summed E-state index contributed by atoms with van der Waals surface area (Å²) in [5.41, 5.74) is 0. The molecular weight excluding hydrogens is 199 g/mol. The zero-order chi connectivity index (χ0) is 10.4. The van der Waals surface area contributed by atoms with E-state index in [9.17, 15) is 4.39 Å². The topological polar surface area (TPSA) is 24.9 Å². The van der Waals surface area contributed by atoms with E-state index in [2.05, 4.69) is 23.5 Å². The van der Waals surface area contributed by atoms with Crippen molar-refractivity contribution in [3.05, 3.63) is 24.1 Å². The van der Waals surface area contributed by atoms with Gasteiger partial charge in [-0.3, -0.25) is 0 Å². The molecule has 1 aromatic heterocycles. The van der Waals surface area contributed by atoms with Crippen molar-refractivity contribution in [3.8, 4) is 0 Å². The molecule has 1 heterocycles. The third-order valence-corrected chi connectivity index (χ3v) is 2.66. The first kappa shape index (κ1) is 11.3. The Morgan fingerprint density at radius 2 is 2.36 bits per heavy atom. The van der Waals surface area contributed by atoms with Gasteiger partial charge in [0.2, 0.25) is 5.95 Å². The van der Waals surface area contributed by atoms with Gasteiger partial charge in [0, 0.05) is 11.8 Å². The van der Waals surface area contributed by atoms with Gasteiger partial charge in [-0.2, -0.15) is 16.2 Å². The maximum Gasteiger partial charge on any atom is 0.214 e. The summed E-state index contributed by atoms with van der Waals surface area (Å²) in [5, 5.41) is 3.20. The summed E-state index contributed by atoms with van der Waals surface area (Å²) in [7, 11) is 0. The Bertz CT molecular complexity index is 281. The third kappa shape index (κ3) is 3.54. The maximum atomic E-state index is 12.8. The van der Waals surface area contributed by atoms with E-state index in [4.69, 9.17) is 0 Å². The minimum atomic E-state index is -0.436. The Hall–Kier alpha value is -0.770. The highest BCUT2D eigenvalue weighted by Gasteiger charge is 2.05. The highest BCUT2D eigenvalue weighted by atomic mass is 32.2. The van der Waals surface area contributed by atoms with Crippen LogP contribution in [0.1, 0.15) is 13.3 Å². The first-order valence-electron chi connectivity index (χ1n) is 4.64. The van der Waals surface area contributed by atoms with E-state index in [-0.39, 0.29) is 0 Å². The zero-order valence-electron chi connectivity index (χ0n) is 8.46. The molecule has 4 heteroatoms. The van der Waals surface area contributed by atoms with Crippen LogP contribution in [0, 0.1) is 5.95 Å². The van der Waals surface area contributed by atoms with Crippen LogP contribution in [0.4, 0.5) is 10.2 Å². The van der Waals surface area contributed by atoms with Crippen LogP contribution in [-0.4, -0.2) is 23.0 Å². The minimum absolute atomic E-state index is 0.360. The average molecular weight is 214 g/mol. The predicted octanol–water partition coefficient (Wildman–Crippen LogP) is 2.77. The number of hydrogen-bond acceptors (Lipinski definition) is 3. The van der Waals surface area contributed by atoms with Gasteiger partial charge in [-0.15, -0.1) is 0 Å². The highest BCUT2D eigenvalue weighted by molar-refractivity contribution is 7.98. The van der Waals surface area contributed by atoms with Crippen molar-refractivity contribution >= 4 is 17.6 Å². The lowest BCUT2D eigenvalue weighted by atomic mass is 10.2. The molecule has 0 amide bonds. The molecule has 1 unspecified atom stereocenters. The molecule has 0 saturated heterocycles. The predicted molar refractivity (Wildman–Crippen MR) is 60.3 cm³/mol. The van der Waals surface area contributed by atoms with Crippen LogP contribution in [0.3, 0.4) is 0 Å². The maximum absolute atomic E-state index is 12.8. The Balaban J connectivity index is 2.57. The number of aromatic nitrogens is 1. The van der Waals surface area contributed by atoms with Gasteiger partial charge < -0.3 is 5.32 Å². The highest BCUT2D eigenvalue weighted by Crippen LogP contribution is 2.10. The van der Waals surface area contributed by atoms with Crippen molar-refractivity contribution in [2.24, 2.45) is 0 Å². The lowest BCUT2D eigenvalue weighted by Crippen LogP contribution is -2.21. The summed E-state index contributed by atoms with van der Waals surface area (Å²) in [4.78, 5) is 3.76. The fourth-order valence-corrected chi connectivity index (χ4v) is 1.88. The van der Waals surface area contributed by atoms with Crippen LogP contribution in [0.15, 0.2) is 18.2 Å². The largest absolute Gasteiger partial charge is 0.366 e. The molecule has 14 heavy (non-hydrogen) atoms. The number of thioether (sulfide) groups is 1. The molecule has 0 radical (unpaired) electrons. The van der Waals surface area contributed by atoms with Gasteiger partial charge >= 0.3 is 0 Å². The van der Waals surface area contributed by atoms with Crippen molar-refractivity contribution in [3.63, 3.8) is 0 Å². The van der Waals surface area contributed by atoms with E-state index in [0.29, 0.717) is 11.9 Å². The van der Waals surface area contributed by atoms with Crippen LogP contribution < -0.4 is 5.32 Å². The Morgan fingerprint density at radius 1 is 1.57 bits per heavy atom. The molecule has 0 saturated carbocycles. The van der Waals surface area contributed by atoms with Crippen molar-refractivity contribution in [2.45, 2.75) is 19.4 Å². The van der Waals surface area contributed by atoms with Gasteiger partial charge in [0.05, 0.1) is 0 Å². The number of anilines is 1. The van der Waals surface area contributed by atoms with Crippen molar-refractivity contribution < 1.29 is 4.39 Å². The molecule has 1 aromatic rings. The standard InChI is InChI=1S/C10H15FN2S/c1-3-8(7-14-2)12-10-6-4-5-9(11)13-10/h4-6,8H,3,7H2,1-2H3,(H,12,13). The van der Waals surface area contributed by atoms with Crippen molar-refractivity contribution in [1.29, 1.82) is 0 Å². The number of nitrogens with zero attached hydrogens (tertiary/aromatic N) is 1. The summed E-state index contributed by atoms with van der Waals surface area (Å²) in [6.45, 7) is 2.10. The van der Waals surface area contributed by atoms with Gasteiger partial charge in [0.1, 0.15) is 5.82 Å². The lowest BCUT2D eigenvalue weighted by molar-refractivity contribution is 0.583. The number of nitrogens with one attached hydrogen (secondary N) is 1. The SMILES string of the molecule is CCC(CSC)Nc1cccc(F)n1. The summed E-state index contributed by atoms with van der Waals surface area (Å²) in [6.07, 6.45) is 3.07. The molecule has 1 N–H and O–H groups in total. The Kier molecular flexibility index (Phi) is 4.73. The van der Waals surface area contributed by atoms with Crippen LogP contribution in [-0.2, 0) is 0 Å². The Labute approximate surface area is 88.3 Å². The van der Waals surface area contributed by atoms with Gasteiger partial charge in [-0.05, 0) is 24.8 Å². The summed E-state index contributed by atoms with van der Waals surface area (Å²) < 4.78 is 12.8. The van der Waals surface area contributed by atoms with E-state index in [0.717, 1.165) is 12.2 Å². The molecule has 1 rings (SSSR count). The molecule has 78 valence electrons. The molecule has 0 aliphatic carbocycles. The smallest absolute Gasteiger partial charge is 0.214 e. The lowest BCUT2D eigenvalue weighted by Gasteiger charge is -2.15. The van der Waals surface area contributed by atoms with E-state index in [1.807, 2.05) is 0 Å². The molecule has 0 aromatic carbocycles. The van der Waals surface area contributed by atoms with E-state index >= 15 is 0 Å². The Morgan fingerprint density at radius 3 is 2.93 bits per heavy atom. The van der Waals surface area contributed by atoms with Crippen molar-refractivity contribution in [1.82, 2.24) is 4.98 Å². The van der Waals surface area contributed by atoms with Crippen LogP contribution >= 0.6 is 11.8 Å². The molecular formula is C10H15FN2S. The number of halogens is 1. The van der Waals surface area contributed by atoms with Crippen LogP contribution in [0.5, 0.6) is 0 Å². The normalized spacial score (nSPS) is 12.5. The number of hydrogen-bond donors (Lipinski definition) is 1. The fraction of sp³-hybridized carbons (Fsp3) is 0.500. The van der Waals surface area contributed by atoms with Gasteiger partial charge in [-0.1, -0.05) is 13.0 Å². The van der Waals surface area contributed by atoms with E-state index in [1.54, 1.807) is 23.9 Å². The second kappa shape index (κ2) is 5.86. The van der Waals surface area contributed by atoms with E-state index in [1.165, 1.54) is 6.07 Å². The monoisotopic (exact) mass is 214 g/mol. The quantitative estimate of drug-likeness (QED) is 0.763. The first-order chi connectivity index (χ1) is 6.76. The first-order valence-corrected chi connectivity index (χ1v) is 6.03. The number of rotatable bonds is 5. The molecule has 0 fully saturated rings. The zero-order valence-corrected chi connectivity index (χ0v) is 9.27. The minimum Gasteiger partial charge on any atom is -0.366 e. The third-order valence-electron chi connectivity index (χ3n) is 1.93. The van der Waals surface area contributed by atoms with Gasteiger partial charge in [0.15, 0.2) is 0 Å². The summed E-state index contributed by atoms with van der Waals surface area (Å²) >= 11 is 1.77. The molecule has 0 aliphatic heterocycles. The second-order valence-corrected chi connectivity index (χ2v) is 3.96. The number of pyridine rings is 1. The van der Waals surface area contributed by atoms with E-state index < -0.39 is 5.95 Å². The average Bonchev–Trinajstić information content (AvgIpc) is 2.17. The molecule has 1 atom stereocenters. The van der Waals surface area contributed by atoms with Gasteiger partial charge in [-0.25, -0.2) is 4.98 Å². The molecule has 0 aliphatic rings. The van der Waals surface area contributed by atoms with Crippen LogP contribution in [0.2, 0.25) is 0 Å². The van der Waals surface area contributed by atoms with Gasteiger partial charge in [0.25, 0.3) is 0 Å². The molecule has 0 spiro atoms. The summed E-state index contributed by atoms with van der Waals surface area (Å²) in [6, 6.07) is 5.16. The van der Waals surface area contributed by atoms with Crippen LogP contribution in [0.25, 0.3) is 0 Å². The second-order valence-electron chi connectivity index (χ2n) is 3.05. The fourth-order valence-electron chi connectivity index (χ4n) is 1.16. The molecule has 0 bridgehead atoms. The summed E-state index contributed by atoms with van der Waals surface area (Å²) in [5.74, 6) is 1.19.